The largest absolute Gasteiger partial charge is 0.504 e. The van der Waals surface area contributed by atoms with Gasteiger partial charge in [0.05, 0.1) is 13.4 Å². The van der Waals surface area contributed by atoms with E-state index in [1.54, 1.807) is 24.7 Å². The molecule has 0 aromatic carbocycles. The van der Waals surface area contributed by atoms with Crippen LogP contribution in [0, 0.1) is 0 Å². The Balaban J connectivity index is 2.57. The van der Waals surface area contributed by atoms with Crippen molar-refractivity contribution >= 4 is 17.4 Å². The molecule has 0 amide bonds. The summed E-state index contributed by atoms with van der Waals surface area (Å²) in [6, 6.07) is 4.06. The molecular formula is C7H8OS. The van der Waals surface area contributed by atoms with E-state index < -0.39 is 0 Å². The molecule has 0 atom stereocenters. The fraction of sp³-hybridized carbons (Fsp3) is 0.143. The van der Waals surface area contributed by atoms with Crippen molar-refractivity contribution in [1.29, 1.82) is 0 Å². The number of hydrogen-bond donors (Lipinski definition) is 0. The van der Waals surface area contributed by atoms with Gasteiger partial charge >= 0.3 is 0 Å². The Hall–Kier alpha value is -0.760. The van der Waals surface area contributed by atoms with Crippen molar-refractivity contribution in [1.82, 2.24) is 0 Å². The van der Waals surface area contributed by atoms with Crippen molar-refractivity contribution in [3.8, 4) is 0 Å². The summed E-state index contributed by atoms with van der Waals surface area (Å²) < 4.78 is 4.74. The minimum Gasteiger partial charge on any atom is -0.504 e. The molecule has 1 rings (SSSR count). The van der Waals surface area contributed by atoms with Gasteiger partial charge in [-0.2, -0.15) is 0 Å². The molecule has 0 unspecified atom stereocenters. The first-order valence-electron chi connectivity index (χ1n) is 2.66. The van der Waals surface area contributed by atoms with Gasteiger partial charge in [0.15, 0.2) is 0 Å². The molecule has 0 N–H and O–H groups in total. The maximum Gasteiger partial charge on any atom is 0.0838 e. The van der Waals surface area contributed by atoms with Crippen LogP contribution in [0.25, 0.3) is 6.08 Å². The monoisotopic (exact) mass is 140 g/mol. The van der Waals surface area contributed by atoms with E-state index in [1.807, 2.05) is 23.6 Å². The topological polar surface area (TPSA) is 9.23 Å². The lowest BCUT2D eigenvalue weighted by Gasteiger charge is -1.83. The molecule has 1 nitrogen and oxygen atoms in total. The third-order valence-electron chi connectivity index (χ3n) is 0.912. The minimum absolute atomic E-state index is 1.22. The van der Waals surface area contributed by atoms with Gasteiger partial charge in [0, 0.05) is 4.88 Å². The molecule has 0 saturated heterocycles. The average molecular weight is 140 g/mol. The Kier molecular flexibility index (Phi) is 2.33. The number of hydrogen-bond acceptors (Lipinski definition) is 2. The van der Waals surface area contributed by atoms with Gasteiger partial charge in [-0.15, -0.1) is 11.3 Å². The highest BCUT2D eigenvalue weighted by molar-refractivity contribution is 7.10. The molecule has 1 aromatic rings. The maximum absolute atomic E-state index is 4.74. The molecule has 0 bridgehead atoms. The summed E-state index contributed by atoms with van der Waals surface area (Å²) in [5, 5.41) is 2.04. The smallest absolute Gasteiger partial charge is 0.0838 e. The number of ether oxygens (including phenoxy) is 1. The van der Waals surface area contributed by atoms with Crippen LogP contribution in [0.4, 0.5) is 0 Å². The van der Waals surface area contributed by atoms with Gasteiger partial charge in [0.25, 0.3) is 0 Å². The fourth-order valence-corrected chi connectivity index (χ4v) is 1.13. The van der Waals surface area contributed by atoms with Crippen LogP contribution >= 0.6 is 11.3 Å². The molecule has 0 aliphatic heterocycles. The van der Waals surface area contributed by atoms with Crippen LogP contribution < -0.4 is 0 Å². The van der Waals surface area contributed by atoms with Crippen molar-refractivity contribution in [2.45, 2.75) is 0 Å². The standard InChI is InChI=1S/C7H8OS/c1-8-5-4-7-3-2-6-9-7/h2-6H,1H3. The summed E-state index contributed by atoms with van der Waals surface area (Å²) in [5.41, 5.74) is 0. The summed E-state index contributed by atoms with van der Waals surface area (Å²) in [5.74, 6) is 0. The van der Waals surface area contributed by atoms with Gasteiger partial charge in [-0.25, -0.2) is 0 Å². The lowest BCUT2D eigenvalue weighted by molar-refractivity contribution is 0.341. The molecule has 2 heteroatoms. The molecule has 0 aliphatic carbocycles. The zero-order valence-electron chi connectivity index (χ0n) is 5.20. The highest BCUT2D eigenvalue weighted by atomic mass is 32.1. The van der Waals surface area contributed by atoms with E-state index in [1.165, 1.54) is 4.88 Å². The zero-order valence-corrected chi connectivity index (χ0v) is 6.02. The molecule has 1 aromatic heterocycles. The van der Waals surface area contributed by atoms with E-state index in [2.05, 4.69) is 0 Å². The molecule has 0 aliphatic rings. The summed E-state index contributed by atoms with van der Waals surface area (Å²) in [6.07, 6.45) is 3.61. The highest BCUT2D eigenvalue weighted by Gasteiger charge is 1.82. The Morgan fingerprint density at radius 2 is 2.56 bits per heavy atom. The Bertz CT molecular complexity index is 177. The van der Waals surface area contributed by atoms with Gasteiger partial charge in [-0.1, -0.05) is 6.07 Å². The lowest BCUT2D eigenvalue weighted by atomic mass is 10.5. The average Bonchev–Trinajstić information content (AvgIpc) is 2.34. The molecule has 9 heavy (non-hydrogen) atoms. The van der Waals surface area contributed by atoms with Crippen molar-refractivity contribution < 1.29 is 4.74 Å². The molecule has 0 radical (unpaired) electrons. The number of thiophene rings is 1. The van der Waals surface area contributed by atoms with Crippen molar-refractivity contribution in [3.63, 3.8) is 0 Å². The Morgan fingerprint density at radius 1 is 1.67 bits per heavy atom. The molecule has 1 heterocycles. The van der Waals surface area contributed by atoms with Crippen LogP contribution in [-0.4, -0.2) is 7.11 Å². The minimum atomic E-state index is 1.22. The van der Waals surface area contributed by atoms with Crippen molar-refractivity contribution in [2.75, 3.05) is 7.11 Å². The molecule has 0 spiro atoms. The van der Waals surface area contributed by atoms with E-state index in [0.717, 1.165) is 0 Å². The van der Waals surface area contributed by atoms with Gasteiger partial charge in [-0.3, -0.25) is 0 Å². The molecule has 48 valence electrons. The quantitative estimate of drug-likeness (QED) is 0.573. The number of rotatable bonds is 2. The predicted octanol–water partition coefficient (Wildman–Crippen LogP) is 2.37. The summed E-state index contributed by atoms with van der Waals surface area (Å²) >= 11 is 1.70. The van der Waals surface area contributed by atoms with E-state index in [9.17, 15) is 0 Å². The van der Waals surface area contributed by atoms with Crippen LogP contribution in [0.2, 0.25) is 0 Å². The van der Waals surface area contributed by atoms with Gasteiger partial charge in [-0.05, 0) is 17.5 Å². The normalized spacial score (nSPS) is 10.3. The molecule has 0 fully saturated rings. The Labute approximate surface area is 58.6 Å². The van der Waals surface area contributed by atoms with Crippen LogP contribution in [0.1, 0.15) is 4.88 Å². The first-order chi connectivity index (χ1) is 4.43. The van der Waals surface area contributed by atoms with E-state index >= 15 is 0 Å². The number of methoxy groups -OCH3 is 1. The maximum atomic E-state index is 4.74. The van der Waals surface area contributed by atoms with E-state index in [-0.39, 0.29) is 0 Å². The molecule has 0 saturated carbocycles. The second-order valence-electron chi connectivity index (χ2n) is 1.55. The van der Waals surface area contributed by atoms with Crippen LogP contribution in [-0.2, 0) is 4.74 Å². The zero-order chi connectivity index (χ0) is 6.53. The lowest BCUT2D eigenvalue weighted by Crippen LogP contribution is -1.62. The summed E-state index contributed by atoms with van der Waals surface area (Å²) in [7, 11) is 1.64. The van der Waals surface area contributed by atoms with Gasteiger partial charge in [0.2, 0.25) is 0 Å². The summed E-state index contributed by atoms with van der Waals surface area (Å²) in [4.78, 5) is 1.22. The highest BCUT2D eigenvalue weighted by Crippen LogP contribution is 2.09. The van der Waals surface area contributed by atoms with Crippen LogP contribution in [0.15, 0.2) is 23.8 Å². The van der Waals surface area contributed by atoms with Crippen LogP contribution in [0.3, 0.4) is 0 Å². The van der Waals surface area contributed by atoms with Crippen LogP contribution in [0.5, 0.6) is 0 Å². The van der Waals surface area contributed by atoms with Gasteiger partial charge < -0.3 is 4.74 Å². The predicted molar refractivity (Wildman–Crippen MR) is 40.4 cm³/mol. The second kappa shape index (κ2) is 3.30. The van der Waals surface area contributed by atoms with Crippen molar-refractivity contribution in [3.05, 3.63) is 28.7 Å². The first-order valence-corrected chi connectivity index (χ1v) is 3.54. The first kappa shape index (κ1) is 6.36. The van der Waals surface area contributed by atoms with E-state index in [0.29, 0.717) is 0 Å². The van der Waals surface area contributed by atoms with Crippen molar-refractivity contribution in [2.24, 2.45) is 0 Å². The fourth-order valence-electron chi connectivity index (χ4n) is 0.521. The van der Waals surface area contributed by atoms with E-state index in [4.69, 9.17) is 4.74 Å². The van der Waals surface area contributed by atoms with Gasteiger partial charge in [0.1, 0.15) is 0 Å². The third-order valence-corrected chi connectivity index (χ3v) is 1.75. The molecular weight excluding hydrogens is 132 g/mol. The SMILES string of the molecule is COC=Cc1cccs1. The summed E-state index contributed by atoms with van der Waals surface area (Å²) in [6.45, 7) is 0. The third kappa shape index (κ3) is 1.90. The Morgan fingerprint density at radius 3 is 3.11 bits per heavy atom. The second-order valence-corrected chi connectivity index (χ2v) is 2.53.